The highest BCUT2D eigenvalue weighted by Gasteiger charge is 2.54. The summed E-state index contributed by atoms with van der Waals surface area (Å²) >= 11 is 0. The van der Waals surface area contributed by atoms with Gasteiger partial charge in [0.15, 0.2) is 5.82 Å². The number of nitrogens with zero attached hydrogens (tertiary/aromatic N) is 3. The number of aryl methyl sites for hydroxylation is 1. The molecule has 3 heterocycles. The van der Waals surface area contributed by atoms with Crippen molar-refractivity contribution in [3.8, 4) is 0 Å². The van der Waals surface area contributed by atoms with Crippen molar-refractivity contribution in [2.45, 2.75) is 76.8 Å². The average molecular weight is 539 g/mol. The molecule has 3 aliphatic rings. The van der Waals surface area contributed by atoms with Gasteiger partial charge in [0.25, 0.3) is 5.92 Å². The molecule has 206 valence electrons. The highest BCUT2D eigenvalue weighted by Crippen LogP contribution is 2.53. The van der Waals surface area contributed by atoms with Gasteiger partial charge in [-0.2, -0.15) is 5.10 Å². The van der Waals surface area contributed by atoms with E-state index in [1.807, 2.05) is 17.9 Å². The molecule has 2 fully saturated rings. The van der Waals surface area contributed by atoms with Crippen molar-refractivity contribution in [2.75, 3.05) is 23.4 Å². The molecule has 6 nitrogen and oxygen atoms in total. The van der Waals surface area contributed by atoms with E-state index in [2.05, 4.69) is 21.6 Å². The maximum atomic E-state index is 15.4. The van der Waals surface area contributed by atoms with E-state index in [-0.39, 0.29) is 17.5 Å². The smallest absolute Gasteiger partial charge is 0.278 e. The van der Waals surface area contributed by atoms with Gasteiger partial charge in [0, 0.05) is 47.2 Å². The van der Waals surface area contributed by atoms with Crippen molar-refractivity contribution in [1.29, 1.82) is 0 Å². The molecule has 0 unspecified atom stereocenters. The Kier molecular flexibility index (Phi) is 6.13. The number of ether oxygens (including phenoxy) is 1. The zero-order valence-electron chi connectivity index (χ0n) is 22.7. The SMILES string of the molecule is Cc1nnc(N[C@H](C)c2cccc(C(F)(F)C(C)C)c2F)c2cc3c(cc12)C1(CCOCC1)C(=O)N3C1CC1. The Labute approximate surface area is 225 Å². The third-order valence-electron chi connectivity index (χ3n) is 8.67. The minimum atomic E-state index is -3.30. The van der Waals surface area contributed by atoms with Crippen LogP contribution in [-0.4, -0.2) is 35.4 Å². The number of carbonyl (C=O) groups excluding carboxylic acids is 1. The average Bonchev–Trinajstić information content (AvgIpc) is 3.72. The van der Waals surface area contributed by atoms with E-state index in [0.717, 1.165) is 46.6 Å². The number of fused-ring (bicyclic) bond motifs is 3. The molecular weight excluding hydrogens is 505 g/mol. The van der Waals surface area contributed by atoms with Crippen LogP contribution in [0.25, 0.3) is 10.8 Å². The summed E-state index contributed by atoms with van der Waals surface area (Å²) < 4.78 is 50.6. The second-order valence-corrected chi connectivity index (χ2v) is 11.5. The van der Waals surface area contributed by atoms with Gasteiger partial charge in [-0.1, -0.05) is 32.0 Å². The Morgan fingerprint density at radius 1 is 1.10 bits per heavy atom. The van der Waals surface area contributed by atoms with Crippen LogP contribution >= 0.6 is 0 Å². The first-order chi connectivity index (χ1) is 18.6. The molecule has 9 heteroatoms. The maximum absolute atomic E-state index is 15.4. The molecule has 1 saturated carbocycles. The van der Waals surface area contributed by atoms with Gasteiger partial charge in [-0.05, 0) is 57.2 Å². The first kappa shape index (κ1) is 26.0. The maximum Gasteiger partial charge on any atom is 0.278 e. The Bertz CT molecular complexity index is 1460. The lowest BCUT2D eigenvalue weighted by molar-refractivity contribution is -0.126. The molecule has 0 radical (unpaired) electrons. The van der Waals surface area contributed by atoms with Crippen LogP contribution in [0.3, 0.4) is 0 Å². The van der Waals surface area contributed by atoms with E-state index in [9.17, 15) is 13.6 Å². The second kappa shape index (κ2) is 9.18. The Balaban J connectivity index is 1.43. The summed E-state index contributed by atoms with van der Waals surface area (Å²) in [6, 6.07) is 7.72. The van der Waals surface area contributed by atoms with Gasteiger partial charge in [0.2, 0.25) is 5.91 Å². The molecule has 1 amide bonds. The molecule has 1 atom stereocenters. The Morgan fingerprint density at radius 2 is 1.82 bits per heavy atom. The van der Waals surface area contributed by atoms with Crippen LogP contribution in [0.15, 0.2) is 30.3 Å². The molecule has 0 bridgehead atoms. The van der Waals surface area contributed by atoms with E-state index in [1.165, 1.54) is 26.0 Å². The minimum absolute atomic E-state index is 0.125. The predicted octanol–water partition coefficient (Wildman–Crippen LogP) is 6.56. The molecule has 1 saturated heterocycles. The Morgan fingerprint density at radius 3 is 2.49 bits per heavy atom. The molecule has 3 aromatic rings. The monoisotopic (exact) mass is 538 g/mol. The van der Waals surface area contributed by atoms with Gasteiger partial charge in [0.05, 0.1) is 22.7 Å². The number of rotatable bonds is 6. The lowest BCUT2D eigenvalue weighted by Crippen LogP contribution is -2.44. The molecular formula is C30H33F3N4O2. The fraction of sp³-hybridized carbons (Fsp3) is 0.500. The van der Waals surface area contributed by atoms with Gasteiger partial charge in [-0.15, -0.1) is 5.10 Å². The van der Waals surface area contributed by atoms with Crippen LogP contribution in [0.5, 0.6) is 0 Å². The number of aromatic nitrogens is 2. The number of benzene rings is 2. The fourth-order valence-electron chi connectivity index (χ4n) is 6.09. The van der Waals surface area contributed by atoms with Crippen molar-refractivity contribution >= 4 is 28.2 Å². The van der Waals surface area contributed by atoms with Crippen LogP contribution < -0.4 is 10.2 Å². The molecule has 2 aromatic carbocycles. The molecule has 39 heavy (non-hydrogen) atoms. The normalized spacial score (nSPS) is 19.7. The van der Waals surface area contributed by atoms with Crippen LogP contribution in [-0.2, 0) is 20.9 Å². The zero-order chi connectivity index (χ0) is 27.7. The number of carbonyl (C=O) groups is 1. The first-order valence-corrected chi connectivity index (χ1v) is 13.7. The summed E-state index contributed by atoms with van der Waals surface area (Å²) in [5.74, 6) is -4.70. The molecule has 2 aliphatic heterocycles. The van der Waals surface area contributed by atoms with Gasteiger partial charge >= 0.3 is 0 Å². The van der Waals surface area contributed by atoms with Crippen molar-refractivity contribution in [1.82, 2.24) is 10.2 Å². The topological polar surface area (TPSA) is 67.4 Å². The molecule has 1 aromatic heterocycles. The third-order valence-corrected chi connectivity index (χ3v) is 8.67. The van der Waals surface area contributed by atoms with Gasteiger partial charge in [-0.3, -0.25) is 4.79 Å². The number of halogens is 3. The van der Waals surface area contributed by atoms with E-state index in [1.54, 1.807) is 6.92 Å². The summed E-state index contributed by atoms with van der Waals surface area (Å²) in [4.78, 5) is 15.8. The van der Waals surface area contributed by atoms with Gasteiger partial charge in [0.1, 0.15) is 5.82 Å². The van der Waals surface area contributed by atoms with Crippen molar-refractivity contribution in [3.05, 3.63) is 58.5 Å². The summed E-state index contributed by atoms with van der Waals surface area (Å²) in [7, 11) is 0. The molecule has 1 spiro atoms. The van der Waals surface area contributed by atoms with Crippen molar-refractivity contribution < 1.29 is 22.7 Å². The number of hydrogen-bond acceptors (Lipinski definition) is 5. The lowest BCUT2D eigenvalue weighted by atomic mass is 9.74. The summed E-state index contributed by atoms with van der Waals surface area (Å²) in [6.07, 6.45) is 3.23. The van der Waals surface area contributed by atoms with Gasteiger partial charge < -0.3 is 15.0 Å². The van der Waals surface area contributed by atoms with Crippen molar-refractivity contribution in [2.24, 2.45) is 5.92 Å². The van der Waals surface area contributed by atoms with Gasteiger partial charge in [-0.25, -0.2) is 13.2 Å². The predicted molar refractivity (Wildman–Crippen MR) is 144 cm³/mol. The fourth-order valence-corrected chi connectivity index (χ4v) is 6.09. The standard InChI is InChI=1S/C30H33F3N4O2/c1-16(2)30(32,33)23-7-5-6-20(26(23)31)17(3)34-27-22-15-25-24(14-21(22)18(4)35-36-27)29(10-12-39-13-11-29)28(38)37(25)19-8-9-19/h5-7,14-17,19H,8-13H2,1-4H3,(H,34,36)/t17-/m1/s1. The summed E-state index contributed by atoms with van der Waals surface area (Å²) in [5, 5.41) is 13.6. The minimum Gasteiger partial charge on any atom is -0.381 e. The largest absolute Gasteiger partial charge is 0.381 e. The molecule has 6 rings (SSSR count). The van der Waals surface area contributed by atoms with E-state index in [0.29, 0.717) is 31.9 Å². The molecule has 1 N–H and O–H groups in total. The first-order valence-electron chi connectivity index (χ1n) is 13.7. The van der Waals surface area contributed by atoms with E-state index >= 15 is 4.39 Å². The van der Waals surface area contributed by atoms with E-state index in [4.69, 9.17) is 4.74 Å². The Hall–Kier alpha value is -3.20. The zero-order valence-corrected chi connectivity index (χ0v) is 22.7. The van der Waals surface area contributed by atoms with Crippen LogP contribution in [0.1, 0.15) is 74.9 Å². The number of nitrogens with one attached hydrogen (secondary N) is 1. The number of hydrogen-bond donors (Lipinski definition) is 1. The second-order valence-electron chi connectivity index (χ2n) is 11.5. The summed E-state index contributed by atoms with van der Waals surface area (Å²) in [6.45, 7) is 7.42. The van der Waals surface area contributed by atoms with Crippen LogP contribution in [0.4, 0.5) is 24.7 Å². The summed E-state index contributed by atoms with van der Waals surface area (Å²) in [5.41, 5.74) is 1.55. The van der Waals surface area contributed by atoms with Crippen LogP contribution in [0, 0.1) is 18.7 Å². The number of anilines is 2. The molecule has 1 aliphatic carbocycles. The van der Waals surface area contributed by atoms with Crippen molar-refractivity contribution in [3.63, 3.8) is 0 Å². The third kappa shape index (κ3) is 4.00. The van der Waals surface area contributed by atoms with Crippen LogP contribution in [0.2, 0.25) is 0 Å². The van der Waals surface area contributed by atoms with E-state index < -0.39 is 34.7 Å². The number of alkyl halides is 2. The quantitative estimate of drug-likeness (QED) is 0.385. The highest BCUT2D eigenvalue weighted by molar-refractivity contribution is 6.12. The number of amides is 1. The lowest BCUT2D eigenvalue weighted by Gasteiger charge is -2.32. The highest BCUT2D eigenvalue weighted by atomic mass is 19.3.